The Morgan fingerprint density at radius 3 is 3.00 bits per heavy atom. The summed E-state index contributed by atoms with van der Waals surface area (Å²) in [5, 5.41) is -0.334. The van der Waals surface area contributed by atoms with Crippen molar-refractivity contribution >= 4 is 17.7 Å². The van der Waals surface area contributed by atoms with Gasteiger partial charge in [0.15, 0.2) is 0 Å². The van der Waals surface area contributed by atoms with E-state index in [4.69, 9.17) is 4.42 Å². The topological polar surface area (TPSA) is 39.4 Å². The Bertz CT molecular complexity index is 343. The second-order valence-corrected chi connectivity index (χ2v) is 4.15. The van der Waals surface area contributed by atoms with E-state index in [1.807, 2.05) is 13.0 Å². The molecule has 1 aromatic rings. The Kier molecular flexibility index (Phi) is 4.49. The molecule has 1 unspecified atom stereocenters. The number of furan rings is 1. The lowest BCUT2D eigenvalue weighted by Gasteiger charge is -2.08. The smallest absolute Gasteiger partial charge is 0.322 e. The predicted octanol–water partition coefficient (Wildman–Crippen LogP) is 2.55. The molecule has 0 spiro atoms. The molecule has 0 amide bonds. The van der Waals surface area contributed by atoms with Crippen LogP contribution in [0.15, 0.2) is 29.4 Å². The van der Waals surface area contributed by atoms with Gasteiger partial charge in [0.25, 0.3) is 0 Å². The molecule has 1 atom stereocenters. The molecule has 1 heterocycles. The zero-order chi connectivity index (χ0) is 11.3. The zero-order valence-corrected chi connectivity index (χ0v) is 9.67. The minimum atomic E-state index is -0.334. The van der Waals surface area contributed by atoms with Crippen molar-refractivity contribution in [3.05, 3.63) is 36.3 Å². The highest BCUT2D eigenvalue weighted by molar-refractivity contribution is 8.00. The number of carbonyl (C=O) groups is 1. The molecule has 1 aromatic heterocycles. The highest BCUT2D eigenvalue weighted by Gasteiger charge is 2.16. The Morgan fingerprint density at radius 1 is 1.80 bits per heavy atom. The first kappa shape index (κ1) is 11.9. The number of ether oxygens (including phenoxy) is 1. The fraction of sp³-hybridized carbons (Fsp3) is 0.364. The van der Waals surface area contributed by atoms with E-state index in [1.54, 1.807) is 12.3 Å². The van der Waals surface area contributed by atoms with Gasteiger partial charge in [0.05, 0.1) is 19.1 Å². The highest BCUT2D eigenvalue weighted by atomic mass is 32.2. The van der Waals surface area contributed by atoms with Crippen LogP contribution in [-0.2, 0) is 15.3 Å². The highest BCUT2D eigenvalue weighted by Crippen LogP contribution is 2.22. The van der Waals surface area contributed by atoms with E-state index in [0.29, 0.717) is 5.75 Å². The zero-order valence-electron chi connectivity index (χ0n) is 8.86. The van der Waals surface area contributed by atoms with Crippen LogP contribution in [0.5, 0.6) is 0 Å². The SMILES string of the molecule is C=CC(SCc1occc1C)C(=O)OC. The normalized spacial score (nSPS) is 12.1. The number of thioether (sulfide) groups is 1. The largest absolute Gasteiger partial charge is 0.468 e. The van der Waals surface area contributed by atoms with Crippen LogP contribution in [0.3, 0.4) is 0 Å². The molecule has 0 N–H and O–H groups in total. The lowest BCUT2D eigenvalue weighted by molar-refractivity contribution is -0.139. The van der Waals surface area contributed by atoms with Crippen molar-refractivity contribution in [2.24, 2.45) is 0 Å². The van der Waals surface area contributed by atoms with Crippen LogP contribution in [-0.4, -0.2) is 18.3 Å². The van der Waals surface area contributed by atoms with Gasteiger partial charge in [-0.2, -0.15) is 0 Å². The van der Waals surface area contributed by atoms with Crippen molar-refractivity contribution in [1.29, 1.82) is 0 Å². The molecule has 0 aliphatic rings. The summed E-state index contributed by atoms with van der Waals surface area (Å²) in [6.07, 6.45) is 3.22. The van der Waals surface area contributed by atoms with Gasteiger partial charge in [0.1, 0.15) is 11.0 Å². The Balaban J connectivity index is 2.51. The van der Waals surface area contributed by atoms with Crippen LogP contribution in [0.2, 0.25) is 0 Å². The number of rotatable bonds is 5. The summed E-state index contributed by atoms with van der Waals surface area (Å²) in [5.41, 5.74) is 1.09. The Hall–Kier alpha value is -1.16. The molecule has 0 aromatic carbocycles. The van der Waals surface area contributed by atoms with Crippen LogP contribution in [0.4, 0.5) is 0 Å². The number of aryl methyl sites for hydroxylation is 1. The maximum atomic E-state index is 11.2. The molecule has 0 aliphatic carbocycles. The maximum absolute atomic E-state index is 11.2. The maximum Gasteiger partial charge on any atom is 0.322 e. The van der Waals surface area contributed by atoms with Crippen molar-refractivity contribution in [1.82, 2.24) is 0 Å². The molecule has 0 saturated heterocycles. The summed E-state index contributed by atoms with van der Waals surface area (Å²) >= 11 is 1.44. The quantitative estimate of drug-likeness (QED) is 0.571. The van der Waals surface area contributed by atoms with Crippen LogP contribution in [0.1, 0.15) is 11.3 Å². The van der Waals surface area contributed by atoms with Crippen molar-refractivity contribution in [3.8, 4) is 0 Å². The number of hydrogen-bond donors (Lipinski definition) is 0. The summed E-state index contributed by atoms with van der Waals surface area (Å²) in [5.74, 6) is 1.25. The first-order valence-electron chi connectivity index (χ1n) is 4.54. The fourth-order valence-corrected chi connectivity index (χ4v) is 2.06. The molecule has 3 nitrogen and oxygen atoms in total. The average Bonchev–Trinajstić information content (AvgIpc) is 2.65. The van der Waals surface area contributed by atoms with Crippen LogP contribution < -0.4 is 0 Å². The van der Waals surface area contributed by atoms with E-state index < -0.39 is 0 Å². The standard InChI is InChI=1S/C11H14O3S/c1-4-10(11(12)13-3)15-7-9-8(2)5-6-14-9/h4-6,10H,1,7H2,2-3H3. The predicted molar refractivity (Wildman–Crippen MR) is 60.7 cm³/mol. The molecular formula is C11H14O3S. The molecule has 0 radical (unpaired) electrons. The van der Waals surface area contributed by atoms with Gasteiger partial charge in [-0.15, -0.1) is 18.3 Å². The van der Waals surface area contributed by atoms with Gasteiger partial charge in [-0.25, -0.2) is 0 Å². The second-order valence-electron chi connectivity index (χ2n) is 3.02. The molecule has 0 fully saturated rings. The van der Waals surface area contributed by atoms with Gasteiger partial charge in [-0.1, -0.05) is 6.08 Å². The third kappa shape index (κ3) is 3.16. The molecule has 0 aliphatic heterocycles. The van der Waals surface area contributed by atoms with Gasteiger partial charge in [0, 0.05) is 0 Å². The van der Waals surface area contributed by atoms with E-state index in [1.165, 1.54) is 18.9 Å². The Labute approximate surface area is 93.5 Å². The first-order chi connectivity index (χ1) is 7.19. The molecule has 4 heteroatoms. The van der Waals surface area contributed by atoms with Crippen molar-refractivity contribution in [2.45, 2.75) is 17.9 Å². The lowest BCUT2D eigenvalue weighted by atomic mass is 10.3. The molecule has 82 valence electrons. The van der Waals surface area contributed by atoms with Crippen LogP contribution in [0, 0.1) is 6.92 Å². The number of carbonyl (C=O) groups excluding carboxylic acids is 1. The summed E-state index contributed by atoms with van der Waals surface area (Å²) in [6, 6.07) is 1.90. The minimum absolute atomic E-state index is 0.279. The monoisotopic (exact) mass is 226 g/mol. The number of methoxy groups -OCH3 is 1. The Morgan fingerprint density at radius 2 is 2.53 bits per heavy atom. The van der Waals surface area contributed by atoms with E-state index in [9.17, 15) is 4.79 Å². The lowest BCUT2D eigenvalue weighted by Crippen LogP contribution is -2.16. The number of esters is 1. The molecular weight excluding hydrogens is 212 g/mol. The van der Waals surface area contributed by atoms with Crippen molar-refractivity contribution in [3.63, 3.8) is 0 Å². The number of hydrogen-bond acceptors (Lipinski definition) is 4. The van der Waals surface area contributed by atoms with Crippen LogP contribution >= 0.6 is 11.8 Å². The van der Waals surface area contributed by atoms with E-state index in [-0.39, 0.29) is 11.2 Å². The van der Waals surface area contributed by atoms with Gasteiger partial charge in [0.2, 0.25) is 0 Å². The van der Waals surface area contributed by atoms with Crippen molar-refractivity contribution in [2.75, 3.05) is 7.11 Å². The average molecular weight is 226 g/mol. The van der Waals surface area contributed by atoms with E-state index >= 15 is 0 Å². The fourth-order valence-electron chi connectivity index (χ4n) is 1.07. The van der Waals surface area contributed by atoms with Crippen LogP contribution in [0.25, 0.3) is 0 Å². The third-order valence-electron chi connectivity index (χ3n) is 2.01. The van der Waals surface area contributed by atoms with E-state index in [0.717, 1.165) is 11.3 Å². The minimum Gasteiger partial charge on any atom is -0.468 e. The van der Waals surface area contributed by atoms with E-state index in [2.05, 4.69) is 11.3 Å². The van der Waals surface area contributed by atoms with Crippen molar-refractivity contribution < 1.29 is 13.9 Å². The third-order valence-corrected chi connectivity index (χ3v) is 3.18. The van der Waals surface area contributed by atoms with Gasteiger partial charge in [-0.3, -0.25) is 4.79 Å². The molecule has 15 heavy (non-hydrogen) atoms. The molecule has 1 rings (SSSR count). The summed E-state index contributed by atoms with van der Waals surface area (Å²) in [4.78, 5) is 11.2. The molecule has 0 saturated carbocycles. The van der Waals surface area contributed by atoms with Gasteiger partial charge in [-0.05, 0) is 18.6 Å². The summed E-state index contributed by atoms with van der Waals surface area (Å²) < 4.78 is 9.91. The van der Waals surface area contributed by atoms with Gasteiger partial charge < -0.3 is 9.15 Å². The summed E-state index contributed by atoms with van der Waals surface area (Å²) in [6.45, 7) is 5.57. The summed E-state index contributed by atoms with van der Waals surface area (Å²) in [7, 11) is 1.37. The second kappa shape index (κ2) is 5.66. The van der Waals surface area contributed by atoms with Gasteiger partial charge >= 0.3 is 5.97 Å². The first-order valence-corrected chi connectivity index (χ1v) is 5.59. The molecule has 0 bridgehead atoms.